The Labute approximate surface area is 70.9 Å². The summed E-state index contributed by atoms with van der Waals surface area (Å²) >= 11 is 0. The SMILES string of the molecule is CCCCCCC=NC(C)C. The van der Waals surface area contributed by atoms with Crippen LogP contribution in [0.5, 0.6) is 0 Å². The van der Waals surface area contributed by atoms with E-state index in [-0.39, 0.29) is 0 Å². The molecule has 1 nitrogen and oxygen atoms in total. The summed E-state index contributed by atoms with van der Waals surface area (Å²) in [7, 11) is 0. The van der Waals surface area contributed by atoms with Gasteiger partial charge in [-0.2, -0.15) is 0 Å². The van der Waals surface area contributed by atoms with E-state index in [9.17, 15) is 0 Å². The third kappa shape index (κ3) is 9.67. The molecule has 0 rings (SSSR count). The molecule has 0 aromatic heterocycles. The second-order valence-electron chi connectivity index (χ2n) is 3.27. The van der Waals surface area contributed by atoms with Crippen molar-refractivity contribution in [2.45, 2.75) is 58.9 Å². The molecule has 0 N–H and O–H groups in total. The fraction of sp³-hybridized carbons (Fsp3) is 0.900. The maximum absolute atomic E-state index is 4.30. The predicted octanol–water partition coefficient (Wildman–Crippen LogP) is 3.44. The maximum Gasteiger partial charge on any atom is 0.0439 e. The Hall–Kier alpha value is -0.330. The van der Waals surface area contributed by atoms with Crippen molar-refractivity contribution in [3.8, 4) is 0 Å². The summed E-state index contributed by atoms with van der Waals surface area (Å²) in [5.41, 5.74) is 0. The van der Waals surface area contributed by atoms with E-state index < -0.39 is 0 Å². The fourth-order valence-electron chi connectivity index (χ4n) is 0.948. The van der Waals surface area contributed by atoms with Crippen LogP contribution in [0.2, 0.25) is 0 Å². The van der Waals surface area contributed by atoms with Gasteiger partial charge in [0.1, 0.15) is 0 Å². The van der Waals surface area contributed by atoms with Gasteiger partial charge in [-0.3, -0.25) is 4.99 Å². The summed E-state index contributed by atoms with van der Waals surface area (Å²) in [6.07, 6.45) is 8.60. The maximum atomic E-state index is 4.30. The highest BCUT2D eigenvalue weighted by atomic mass is 14.7. The van der Waals surface area contributed by atoms with Crippen LogP contribution in [0.3, 0.4) is 0 Å². The van der Waals surface area contributed by atoms with Gasteiger partial charge in [-0.05, 0) is 32.9 Å². The minimum absolute atomic E-state index is 0.473. The van der Waals surface area contributed by atoms with Crippen molar-refractivity contribution in [3.05, 3.63) is 0 Å². The Morgan fingerprint density at radius 1 is 1.18 bits per heavy atom. The molecule has 66 valence electrons. The minimum Gasteiger partial charge on any atom is -0.295 e. The van der Waals surface area contributed by atoms with Crippen molar-refractivity contribution in [2.24, 2.45) is 4.99 Å². The minimum atomic E-state index is 0.473. The quantitative estimate of drug-likeness (QED) is 0.411. The topological polar surface area (TPSA) is 12.4 Å². The zero-order chi connectivity index (χ0) is 8.53. The van der Waals surface area contributed by atoms with Gasteiger partial charge >= 0.3 is 0 Å². The van der Waals surface area contributed by atoms with Crippen molar-refractivity contribution < 1.29 is 0 Å². The van der Waals surface area contributed by atoms with Crippen LogP contribution in [0.1, 0.15) is 52.9 Å². The molecule has 0 aliphatic carbocycles. The number of rotatable bonds is 6. The molecule has 0 bridgehead atoms. The van der Waals surface area contributed by atoms with Crippen molar-refractivity contribution in [2.75, 3.05) is 0 Å². The number of hydrogen-bond acceptors (Lipinski definition) is 1. The van der Waals surface area contributed by atoms with Crippen LogP contribution in [-0.2, 0) is 0 Å². The molecule has 0 spiro atoms. The summed E-state index contributed by atoms with van der Waals surface area (Å²) in [6.45, 7) is 6.47. The third-order valence-electron chi connectivity index (χ3n) is 1.59. The molecule has 0 saturated carbocycles. The van der Waals surface area contributed by atoms with Crippen LogP contribution in [0.15, 0.2) is 4.99 Å². The van der Waals surface area contributed by atoms with E-state index in [1.807, 2.05) is 0 Å². The van der Waals surface area contributed by atoms with Crippen LogP contribution in [-0.4, -0.2) is 12.3 Å². The highest BCUT2D eigenvalue weighted by Gasteiger charge is 1.86. The standard InChI is InChI=1S/C10H21N/c1-4-5-6-7-8-9-11-10(2)3/h9-10H,4-8H2,1-3H3. The predicted molar refractivity (Wildman–Crippen MR) is 52.4 cm³/mol. The first kappa shape index (κ1) is 10.7. The van der Waals surface area contributed by atoms with Crippen LogP contribution in [0.25, 0.3) is 0 Å². The van der Waals surface area contributed by atoms with Crippen LogP contribution >= 0.6 is 0 Å². The molecule has 0 saturated heterocycles. The van der Waals surface area contributed by atoms with E-state index in [1.165, 1.54) is 25.7 Å². The van der Waals surface area contributed by atoms with Gasteiger partial charge in [-0.1, -0.05) is 26.2 Å². The molecule has 11 heavy (non-hydrogen) atoms. The lowest BCUT2D eigenvalue weighted by atomic mass is 10.2. The van der Waals surface area contributed by atoms with Gasteiger partial charge in [0.05, 0.1) is 0 Å². The second-order valence-corrected chi connectivity index (χ2v) is 3.27. The Morgan fingerprint density at radius 2 is 1.91 bits per heavy atom. The molecular formula is C10H21N. The lowest BCUT2D eigenvalue weighted by Gasteiger charge is -1.95. The molecule has 0 aromatic carbocycles. The Balaban J connectivity index is 3.01. The van der Waals surface area contributed by atoms with E-state index in [0.29, 0.717) is 6.04 Å². The van der Waals surface area contributed by atoms with Gasteiger partial charge in [0, 0.05) is 6.04 Å². The highest BCUT2D eigenvalue weighted by Crippen LogP contribution is 2.00. The highest BCUT2D eigenvalue weighted by molar-refractivity contribution is 5.57. The Kier molecular flexibility index (Phi) is 7.54. The van der Waals surface area contributed by atoms with Crippen LogP contribution < -0.4 is 0 Å². The van der Waals surface area contributed by atoms with Crippen LogP contribution in [0, 0.1) is 0 Å². The zero-order valence-electron chi connectivity index (χ0n) is 8.14. The summed E-state index contributed by atoms with van der Waals surface area (Å²) < 4.78 is 0. The molecular weight excluding hydrogens is 134 g/mol. The van der Waals surface area contributed by atoms with E-state index >= 15 is 0 Å². The lowest BCUT2D eigenvalue weighted by Crippen LogP contribution is -1.88. The summed E-state index contributed by atoms with van der Waals surface area (Å²) in [6, 6.07) is 0.473. The number of hydrogen-bond donors (Lipinski definition) is 0. The second kappa shape index (κ2) is 7.77. The van der Waals surface area contributed by atoms with Gasteiger partial charge in [0.2, 0.25) is 0 Å². The van der Waals surface area contributed by atoms with E-state index in [4.69, 9.17) is 0 Å². The molecule has 0 unspecified atom stereocenters. The monoisotopic (exact) mass is 155 g/mol. The third-order valence-corrected chi connectivity index (χ3v) is 1.59. The first-order valence-corrected chi connectivity index (χ1v) is 4.79. The van der Waals surface area contributed by atoms with Crippen molar-refractivity contribution in [3.63, 3.8) is 0 Å². The fourth-order valence-corrected chi connectivity index (χ4v) is 0.948. The number of unbranched alkanes of at least 4 members (excludes halogenated alkanes) is 4. The molecule has 0 heterocycles. The molecule has 1 heteroatoms. The Bertz CT molecular complexity index is 95.0. The van der Waals surface area contributed by atoms with Gasteiger partial charge < -0.3 is 0 Å². The molecule has 0 radical (unpaired) electrons. The van der Waals surface area contributed by atoms with Gasteiger partial charge in [0.25, 0.3) is 0 Å². The normalized spacial score (nSPS) is 11.6. The smallest absolute Gasteiger partial charge is 0.0439 e. The average Bonchev–Trinajstić information content (AvgIpc) is 1.96. The zero-order valence-corrected chi connectivity index (χ0v) is 8.14. The lowest BCUT2D eigenvalue weighted by molar-refractivity contribution is 0.683. The first-order chi connectivity index (χ1) is 5.27. The number of nitrogens with zero attached hydrogens (tertiary/aromatic N) is 1. The largest absolute Gasteiger partial charge is 0.295 e. The van der Waals surface area contributed by atoms with Gasteiger partial charge in [-0.25, -0.2) is 0 Å². The molecule has 0 aliphatic heterocycles. The van der Waals surface area contributed by atoms with Crippen molar-refractivity contribution in [1.29, 1.82) is 0 Å². The van der Waals surface area contributed by atoms with E-state index in [0.717, 1.165) is 6.42 Å². The molecule has 0 aromatic rings. The molecule has 0 atom stereocenters. The van der Waals surface area contributed by atoms with Crippen LogP contribution in [0.4, 0.5) is 0 Å². The number of aliphatic imine (C=N–C) groups is 1. The van der Waals surface area contributed by atoms with Crippen molar-refractivity contribution >= 4 is 6.21 Å². The summed E-state index contributed by atoms with van der Waals surface area (Å²) in [5.74, 6) is 0. The van der Waals surface area contributed by atoms with Gasteiger partial charge in [0.15, 0.2) is 0 Å². The summed E-state index contributed by atoms with van der Waals surface area (Å²) in [4.78, 5) is 4.30. The average molecular weight is 155 g/mol. The van der Waals surface area contributed by atoms with E-state index in [1.54, 1.807) is 0 Å². The van der Waals surface area contributed by atoms with E-state index in [2.05, 4.69) is 32.0 Å². The molecule has 0 amide bonds. The molecule has 0 aliphatic rings. The van der Waals surface area contributed by atoms with Gasteiger partial charge in [-0.15, -0.1) is 0 Å². The van der Waals surface area contributed by atoms with Crippen molar-refractivity contribution in [1.82, 2.24) is 0 Å². The first-order valence-electron chi connectivity index (χ1n) is 4.79. The summed E-state index contributed by atoms with van der Waals surface area (Å²) in [5, 5.41) is 0. The molecule has 0 fully saturated rings. The Morgan fingerprint density at radius 3 is 2.45 bits per heavy atom.